The van der Waals surface area contributed by atoms with Gasteiger partial charge in [0.1, 0.15) is 17.5 Å². The Labute approximate surface area is 114 Å². The molecule has 100 valence electrons. The topological polar surface area (TPSA) is 41.0 Å². The minimum atomic E-state index is 0.553. The molecule has 0 amide bonds. The van der Waals surface area contributed by atoms with Crippen molar-refractivity contribution >= 4 is 23.4 Å². The fourth-order valence-electron chi connectivity index (χ4n) is 2.11. The smallest absolute Gasteiger partial charge is 0.134 e. The van der Waals surface area contributed by atoms with E-state index in [0.717, 1.165) is 37.0 Å². The van der Waals surface area contributed by atoms with Gasteiger partial charge in [-0.15, -0.1) is 0 Å². The second-order valence-electron chi connectivity index (χ2n) is 4.70. The maximum Gasteiger partial charge on any atom is 0.134 e. The molecule has 1 fully saturated rings. The van der Waals surface area contributed by atoms with E-state index in [2.05, 4.69) is 40.1 Å². The van der Waals surface area contributed by atoms with Crippen LogP contribution in [0.15, 0.2) is 6.07 Å². The third kappa shape index (κ3) is 3.28. The van der Waals surface area contributed by atoms with Gasteiger partial charge in [-0.25, -0.2) is 9.97 Å². The van der Waals surface area contributed by atoms with Gasteiger partial charge in [0.15, 0.2) is 0 Å². The van der Waals surface area contributed by atoms with Gasteiger partial charge in [0, 0.05) is 36.7 Å². The Balaban J connectivity index is 2.18. The SMILES string of the molecule is CCCNc1cc(N2CCSCC2C)nc(C)n1. The van der Waals surface area contributed by atoms with Crippen LogP contribution in [0.5, 0.6) is 0 Å². The van der Waals surface area contributed by atoms with Gasteiger partial charge < -0.3 is 10.2 Å². The van der Waals surface area contributed by atoms with Crippen LogP contribution < -0.4 is 10.2 Å². The molecule has 1 saturated heterocycles. The van der Waals surface area contributed by atoms with Crippen LogP contribution in [-0.4, -0.2) is 40.6 Å². The first-order valence-corrected chi connectivity index (χ1v) is 7.80. The average Bonchev–Trinajstić information content (AvgIpc) is 2.36. The van der Waals surface area contributed by atoms with Crippen molar-refractivity contribution in [3.05, 3.63) is 11.9 Å². The van der Waals surface area contributed by atoms with Crippen LogP contribution in [-0.2, 0) is 0 Å². The third-order valence-electron chi connectivity index (χ3n) is 3.04. The molecule has 2 heterocycles. The summed E-state index contributed by atoms with van der Waals surface area (Å²) in [5.41, 5.74) is 0. The molecule has 18 heavy (non-hydrogen) atoms. The summed E-state index contributed by atoms with van der Waals surface area (Å²) in [6.07, 6.45) is 1.11. The van der Waals surface area contributed by atoms with Crippen molar-refractivity contribution in [3.63, 3.8) is 0 Å². The standard InChI is InChI=1S/C13H22N4S/c1-4-5-14-12-8-13(16-11(3)15-12)17-6-7-18-9-10(17)2/h8,10H,4-7,9H2,1-3H3,(H,14,15,16). The number of rotatable bonds is 4. The molecule has 1 aromatic heterocycles. The highest BCUT2D eigenvalue weighted by molar-refractivity contribution is 7.99. The van der Waals surface area contributed by atoms with Gasteiger partial charge >= 0.3 is 0 Å². The number of hydrogen-bond acceptors (Lipinski definition) is 5. The number of aromatic nitrogens is 2. The van der Waals surface area contributed by atoms with E-state index in [1.165, 1.54) is 11.5 Å². The number of nitrogens with zero attached hydrogens (tertiary/aromatic N) is 3. The molecule has 0 bridgehead atoms. The van der Waals surface area contributed by atoms with Crippen molar-refractivity contribution in [2.75, 3.05) is 34.8 Å². The van der Waals surface area contributed by atoms with Gasteiger partial charge in [-0.05, 0) is 20.3 Å². The minimum absolute atomic E-state index is 0.553. The molecule has 0 saturated carbocycles. The highest BCUT2D eigenvalue weighted by Gasteiger charge is 2.20. The molecule has 0 radical (unpaired) electrons. The molecular weight excluding hydrogens is 244 g/mol. The lowest BCUT2D eigenvalue weighted by molar-refractivity contribution is 0.686. The fourth-order valence-corrected chi connectivity index (χ4v) is 3.12. The second kappa shape index (κ2) is 6.27. The summed E-state index contributed by atoms with van der Waals surface area (Å²) < 4.78 is 0. The Morgan fingerprint density at radius 2 is 2.33 bits per heavy atom. The van der Waals surface area contributed by atoms with Gasteiger partial charge in [0.2, 0.25) is 0 Å². The molecule has 5 heteroatoms. The van der Waals surface area contributed by atoms with Crippen LogP contribution >= 0.6 is 11.8 Å². The predicted molar refractivity (Wildman–Crippen MR) is 79.7 cm³/mol. The molecule has 1 aliphatic heterocycles. The Morgan fingerprint density at radius 1 is 1.50 bits per heavy atom. The molecule has 1 unspecified atom stereocenters. The van der Waals surface area contributed by atoms with E-state index in [-0.39, 0.29) is 0 Å². The van der Waals surface area contributed by atoms with E-state index in [4.69, 9.17) is 0 Å². The van der Waals surface area contributed by atoms with Crippen LogP contribution in [0.1, 0.15) is 26.1 Å². The van der Waals surface area contributed by atoms with Gasteiger partial charge in [-0.1, -0.05) is 6.92 Å². The van der Waals surface area contributed by atoms with Crippen molar-refractivity contribution in [2.45, 2.75) is 33.2 Å². The second-order valence-corrected chi connectivity index (χ2v) is 5.85. The largest absolute Gasteiger partial charge is 0.370 e. The molecule has 1 aromatic rings. The van der Waals surface area contributed by atoms with Crippen LogP contribution in [0.4, 0.5) is 11.6 Å². The maximum atomic E-state index is 4.58. The minimum Gasteiger partial charge on any atom is -0.370 e. The van der Waals surface area contributed by atoms with Crippen LogP contribution in [0.2, 0.25) is 0 Å². The van der Waals surface area contributed by atoms with E-state index >= 15 is 0 Å². The molecular formula is C13H22N4S. The lowest BCUT2D eigenvalue weighted by Crippen LogP contribution is -2.41. The van der Waals surface area contributed by atoms with E-state index in [1.807, 2.05) is 18.7 Å². The first-order chi connectivity index (χ1) is 8.70. The summed E-state index contributed by atoms with van der Waals surface area (Å²) in [4.78, 5) is 11.4. The van der Waals surface area contributed by atoms with Crippen LogP contribution in [0.25, 0.3) is 0 Å². The zero-order chi connectivity index (χ0) is 13.0. The molecule has 0 spiro atoms. The summed E-state index contributed by atoms with van der Waals surface area (Å²) in [6.45, 7) is 8.43. The van der Waals surface area contributed by atoms with Crippen molar-refractivity contribution in [3.8, 4) is 0 Å². The van der Waals surface area contributed by atoms with E-state index in [0.29, 0.717) is 6.04 Å². The van der Waals surface area contributed by atoms with Crippen molar-refractivity contribution in [1.29, 1.82) is 0 Å². The normalized spacial score (nSPS) is 19.9. The molecule has 0 aromatic carbocycles. The van der Waals surface area contributed by atoms with Gasteiger partial charge in [-0.2, -0.15) is 11.8 Å². The summed E-state index contributed by atoms with van der Waals surface area (Å²) in [5.74, 6) is 5.22. The van der Waals surface area contributed by atoms with Gasteiger partial charge in [0.25, 0.3) is 0 Å². The quantitative estimate of drug-likeness (QED) is 0.907. The van der Waals surface area contributed by atoms with Crippen molar-refractivity contribution < 1.29 is 0 Å². The average molecular weight is 266 g/mol. The monoisotopic (exact) mass is 266 g/mol. The van der Waals surface area contributed by atoms with Crippen molar-refractivity contribution in [2.24, 2.45) is 0 Å². The van der Waals surface area contributed by atoms with E-state index < -0.39 is 0 Å². The Kier molecular flexibility index (Phi) is 4.69. The summed E-state index contributed by atoms with van der Waals surface area (Å²) in [6, 6.07) is 2.63. The maximum absolute atomic E-state index is 4.58. The van der Waals surface area contributed by atoms with Crippen LogP contribution in [0.3, 0.4) is 0 Å². The molecule has 2 rings (SSSR count). The lowest BCUT2D eigenvalue weighted by atomic mass is 10.3. The zero-order valence-electron chi connectivity index (χ0n) is 11.4. The Hall–Kier alpha value is -0.970. The number of anilines is 2. The molecule has 4 nitrogen and oxygen atoms in total. The molecule has 0 aliphatic carbocycles. The number of hydrogen-bond donors (Lipinski definition) is 1. The predicted octanol–water partition coefficient (Wildman–Crippen LogP) is 2.55. The highest BCUT2D eigenvalue weighted by Crippen LogP contribution is 2.23. The Bertz CT molecular complexity index is 397. The fraction of sp³-hybridized carbons (Fsp3) is 0.692. The number of nitrogens with one attached hydrogen (secondary N) is 1. The Morgan fingerprint density at radius 3 is 3.06 bits per heavy atom. The summed E-state index contributed by atoms with van der Waals surface area (Å²) >= 11 is 2.02. The third-order valence-corrected chi connectivity index (χ3v) is 4.23. The zero-order valence-corrected chi connectivity index (χ0v) is 12.3. The molecule has 1 N–H and O–H groups in total. The van der Waals surface area contributed by atoms with Crippen LogP contribution in [0, 0.1) is 6.92 Å². The number of thioether (sulfide) groups is 1. The van der Waals surface area contributed by atoms with E-state index in [1.54, 1.807) is 0 Å². The first-order valence-electron chi connectivity index (χ1n) is 6.64. The van der Waals surface area contributed by atoms with Gasteiger partial charge in [0.05, 0.1) is 0 Å². The van der Waals surface area contributed by atoms with Crippen molar-refractivity contribution in [1.82, 2.24) is 9.97 Å². The first kappa shape index (κ1) is 13.5. The summed E-state index contributed by atoms with van der Waals surface area (Å²) in [7, 11) is 0. The van der Waals surface area contributed by atoms with Gasteiger partial charge in [-0.3, -0.25) is 0 Å². The lowest BCUT2D eigenvalue weighted by Gasteiger charge is -2.34. The molecule has 1 aliphatic rings. The highest BCUT2D eigenvalue weighted by atomic mass is 32.2. The number of aryl methyl sites for hydroxylation is 1. The summed E-state index contributed by atoms with van der Waals surface area (Å²) in [5, 5.41) is 3.35. The molecule has 1 atom stereocenters. The van der Waals surface area contributed by atoms with E-state index in [9.17, 15) is 0 Å².